The van der Waals surface area contributed by atoms with Gasteiger partial charge in [0.15, 0.2) is 5.41 Å². The molecule has 0 unspecified atom stereocenters. The van der Waals surface area contributed by atoms with Gasteiger partial charge < -0.3 is 13.1 Å². The van der Waals surface area contributed by atoms with Gasteiger partial charge in [-0.2, -0.15) is 0 Å². The topological polar surface area (TPSA) is 74.6 Å². The van der Waals surface area contributed by atoms with Crippen LogP contribution in [-0.2, 0) is 9.59 Å². The number of hydrogen-bond acceptors (Lipinski definition) is 2. The van der Waals surface area contributed by atoms with Crippen LogP contribution in [0.15, 0.2) is 0 Å². The maximum atomic E-state index is 11.6. The fourth-order valence-electron chi connectivity index (χ4n) is 3.06. The van der Waals surface area contributed by atoms with Gasteiger partial charge in [-0.15, -0.1) is 0 Å². The maximum absolute atomic E-state index is 11.6. The Kier molecular flexibility index (Phi) is 17.5. The second-order valence-corrected chi connectivity index (χ2v) is 6.73. The van der Waals surface area contributed by atoms with Gasteiger partial charge in [0.1, 0.15) is 0 Å². The number of unbranched alkanes of at least 4 members (excludes halogenated alkanes) is 10. The van der Waals surface area contributed by atoms with E-state index in [1.165, 1.54) is 25.7 Å². The number of aliphatic carboxylic acids is 2. The standard InChI is InChI=1S/C19H36O4.Mg.2H/c1-3-5-7-9-11-13-15-19(17(20)21,18(22)23)16-14-12-10-8-6-4-2;;;/h3-16H2,1-2H3,(H,20,21)(H,22,23);;;/q;+2;2*-1. The minimum atomic E-state index is -1.57. The molecule has 0 spiro atoms. The third-order valence-electron chi connectivity index (χ3n) is 4.73. The normalized spacial score (nSPS) is 11.1. The third-order valence-corrected chi connectivity index (χ3v) is 4.73. The van der Waals surface area contributed by atoms with E-state index >= 15 is 0 Å². The summed E-state index contributed by atoms with van der Waals surface area (Å²) >= 11 is 0. The predicted molar refractivity (Wildman–Crippen MR) is 102 cm³/mol. The first kappa shape index (κ1) is 25.9. The summed E-state index contributed by atoms with van der Waals surface area (Å²) in [6, 6.07) is 0. The molecule has 0 aliphatic carbocycles. The number of hydrogen-bond donors (Lipinski definition) is 2. The van der Waals surface area contributed by atoms with Crippen molar-refractivity contribution < 1.29 is 22.7 Å². The molecule has 24 heavy (non-hydrogen) atoms. The molecule has 140 valence electrons. The van der Waals surface area contributed by atoms with Crippen LogP contribution in [0, 0.1) is 5.41 Å². The third kappa shape index (κ3) is 10.5. The van der Waals surface area contributed by atoms with E-state index in [-0.39, 0.29) is 38.7 Å². The molecule has 0 aliphatic rings. The van der Waals surface area contributed by atoms with Gasteiger partial charge in [0, 0.05) is 0 Å². The smallest absolute Gasteiger partial charge is 1.00 e. The van der Waals surface area contributed by atoms with E-state index in [9.17, 15) is 19.8 Å². The Bertz CT molecular complexity index is 310. The SMILES string of the molecule is CCCCCCCCC(CCCCCCCC)(C(=O)O)C(=O)O.[H-].[H-].[Mg+2]. The van der Waals surface area contributed by atoms with Crippen LogP contribution in [0.2, 0.25) is 0 Å². The van der Waals surface area contributed by atoms with Crippen molar-refractivity contribution in [1.82, 2.24) is 0 Å². The zero-order valence-electron chi connectivity index (χ0n) is 17.8. The van der Waals surface area contributed by atoms with Crippen LogP contribution in [0.5, 0.6) is 0 Å². The van der Waals surface area contributed by atoms with Crippen molar-refractivity contribution in [3.63, 3.8) is 0 Å². The summed E-state index contributed by atoms with van der Waals surface area (Å²) in [6.45, 7) is 4.31. The number of carboxylic acids is 2. The fraction of sp³-hybridized carbons (Fsp3) is 0.895. The average molecular weight is 355 g/mol. The molecular weight excluding hydrogens is 317 g/mol. The molecular formula is C19H38MgO4. The molecule has 0 aromatic heterocycles. The average Bonchev–Trinajstić information content (AvgIpc) is 2.51. The summed E-state index contributed by atoms with van der Waals surface area (Å²) in [6.07, 6.45) is 13.0. The van der Waals surface area contributed by atoms with Crippen molar-refractivity contribution in [2.24, 2.45) is 5.41 Å². The molecule has 0 aliphatic heterocycles. The molecule has 5 heteroatoms. The Hall–Kier alpha value is -0.294. The summed E-state index contributed by atoms with van der Waals surface area (Å²) in [5.41, 5.74) is -1.57. The van der Waals surface area contributed by atoms with Crippen LogP contribution < -0.4 is 0 Å². The molecule has 0 saturated heterocycles. The molecule has 0 saturated carbocycles. The van der Waals surface area contributed by atoms with Crippen LogP contribution in [-0.4, -0.2) is 45.2 Å². The Balaban J connectivity index is -0.000000807. The Morgan fingerprint density at radius 1 is 0.667 bits per heavy atom. The van der Waals surface area contributed by atoms with Gasteiger partial charge in [-0.25, -0.2) is 0 Å². The van der Waals surface area contributed by atoms with E-state index in [4.69, 9.17) is 0 Å². The molecule has 0 rings (SSSR count). The van der Waals surface area contributed by atoms with Crippen molar-refractivity contribution in [2.75, 3.05) is 0 Å². The second kappa shape index (κ2) is 16.2. The zero-order chi connectivity index (χ0) is 17.6. The van der Waals surface area contributed by atoms with Crippen LogP contribution in [0.1, 0.15) is 107 Å². The van der Waals surface area contributed by atoms with E-state index in [0.29, 0.717) is 12.8 Å². The summed E-state index contributed by atoms with van der Waals surface area (Å²) in [5, 5.41) is 19.0. The van der Waals surface area contributed by atoms with Gasteiger partial charge in [0.05, 0.1) is 0 Å². The van der Waals surface area contributed by atoms with E-state index in [1.54, 1.807) is 0 Å². The first-order chi connectivity index (χ1) is 11.0. The van der Waals surface area contributed by atoms with Crippen molar-refractivity contribution in [2.45, 2.75) is 104 Å². The molecule has 2 N–H and O–H groups in total. The second-order valence-electron chi connectivity index (χ2n) is 6.73. The molecule has 0 atom stereocenters. The van der Waals surface area contributed by atoms with Crippen LogP contribution >= 0.6 is 0 Å². The van der Waals surface area contributed by atoms with Gasteiger partial charge >= 0.3 is 35.0 Å². The Labute approximate surface area is 166 Å². The van der Waals surface area contributed by atoms with Gasteiger partial charge in [-0.05, 0) is 12.8 Å². The van der Waals surface area contributed by atoms with Gasteiger partial charge in [0.2, 0.25) is 0 Å². The number of rotatable bonds is 16. The minimum Gasteiger partial charge on any atom is -1.00 e. The van der Waals surface area contributed by atoms with E-state index < -0.39 is 17.4 Å². The van der Waals surface area contributed by atoms with E-state index in [1.807, 2.05) is 0 Å². The van der Waals surface area contributed by atoms with Crippen LogP contribution in [0.25, 0.3) is 0 Å². The number of carboxylic acid groups (broad SMARTS) is 2. The molecule has 0 aromatic rings. The van der Waals surface area contributed by atoms with Gasteiger partial charge in [-0.3, -0.25) is 9.59 Å². The summed E-state index contributed by atoms with van der Waals surface area (Å²) in [5.74, 6) is -2.32. The summed E-state index contributed by atoms with van der Waals surface area (Å²) in [7, 11) is 0. The minimum absolute atomic E-state index is 0. The van der Waals surface area contributed by atoms with Gasteiger partial charge in [-0.1, -0.05) is 90.9 Å². The maximum Gasteiger partial charge on any atom is 2.00 e. The number of carbonyl (C=O) groups is 2. The quantitative estimate of drug-likeness (QED) is 0.218. The summed E-state index contributed by atoms with van der Waals surface area (Å²) in [4.78, 5) is 23.2. The molecule has 0 aromatic carbocycles. The molecule has 0 radical (unpaired) electrons. The van der Waals surface area contributed by atoms with Crippen LogP contribution in [0.4, 0.5) is 0 Å². The Morgan fingerprint density at radius 3 is 1.25 bits per heavy atom. The van der Waals surface area contributed by atoms with Crippen molar-refractivity contribution in [1.29, 1.82) is 0 Å². The first-order valence-corrected chi connectivity index (χ1v) is 9.48. The monoisotopic (exact) mass is 354 g/mol. The fourth-order valence-corrected chi connectivity index (χ4v) is 3.06. The largest absolute Gasteiger partial charge is 2.00 e. The predicted octanol–water partition coefficient (Wildman–Crippen LogP) is 5.49. The van der Waals surface area contributed by atoms with Crippen molar-refractivity contribution >= 4 is 35.0 Å². The molecule has 0 heterocycles. The van der Waals surface area contributed by atoms with Crippen molar-refractivity contribution in [3.05, 3.63) is 0 Å². The van der Waals surface area contributed by atoms with Crippen molar-refractivity contribution in [3.8, 4) is 0 Å². The molecule has 4 nitrogen and oxygen atoms in total. The molecule has 0 fully saturated rings. The Morgan fingerprint density at radius 2 is 0.958 bits per heavy atom. The molecule has 0 bridgehead atoms. The van der Waals surface area contributed by atoms with E-state index in [2.05, 4.69) is 13.8 Å². The summed E-state index contributed by atoms with van der Waals surface area (Å²) < 4.78 is 0. The van der Waals surface area contributed by atoms with E-state index in [0.717, 1.165) is 38.5 Å². The van der Waals surface area contributed by atoms with Crippen LogP contribution in [0.3, 0.4) is 0 Å². The van der Waals surface area contributed by atoms with Gasteiger partial charge in [0.25, 0.3) is 0 Å². The zero-order valence-corrected chi connectivity index (χ0v) is 17.2. The first-order valence-electron chi connectivity index (χ1n) is 9.48. The molecule has 0 amide bonds.